The number of benzene rings is 1. The van der Waals surface area contributed by atoms with Crippen molar-refractivity contribution in [1.29, 1.82) is 0 Å². The molecule has 1 aliphatic heterocycles. The summed E-state index contributed by atoms with van der Waals surface area (Å²) in [5.74, 6) is 0.749. The minimum absolute atomic E-state index is 0.0667. The van der Waals surface area contributed by atoms with Gasteiger partial charge < -0.3 is 9.64 Å². The van der Waals surface area contributed by atoms with Crippen LogP contribution < -0.4 is 4.74 Å². The van der Waals surface area contributed by atoms with Crippen LogP contribution in [-0.2, 0) is 14.6 Å². The van der Waals surface area contributed by atoms with E-state index in [1.807, 2.05) is 36.6 Å². The van der Waals surface area contributed by atoms with Crippen molar-refractivity contribution in [2.75, 3.05) is 18.1 Å². The molecule has 0 N–H and O–H groups in total. The second kappa shape index (κ2) is 7.24. The summed E-state index contributed by atoms with van der Waals surface area (Å²) >= 11 is 1.59. The molecule has 0 bridgehead atoms. The fourth-order valence-corrected chi connectivity index (χ4v) is 5.97. The predicted molar refractivity (Wildman–Crippen MR) is 105 cm³/mol. The van der Waals surface area contributed by atoms with Gasteiger partial charge in [-0.25, -0.2) is 13.4 Å². The highest BCUT2D eigenvalue weighted by Crippen LogP contribution is 2.32. The van der Waals surface area contributed by atoms with Crippen molar-refractivity contribution in [3.05, 3.63) is 35.3 Å². The van der Waals surface area contributed by atoms with Gasteiger partial charge in [0.2, 0.25) is 0 Å². The summed E-state index contributed by atoms with van der Waals surface area (Å²) in [6, 6.07) is 7.51. The molecule has 6 nitrogen and oxygen atoms in total. The lowest BCUT2D eigenvalue weighted by atomic mass is 10.2. The Labute approximate surface area is 163 Å². The number of ether oxygens (including phenoxy) is 1. The number of aromatic nitrogens is 1. The number of rotatable bonds is 6. The average molecular weight is 407 g/mol. The molecule has 27 heavy (non-hydrogen) atoms. The summed E-state index contributed by atoms with van der Waals surface area (Å²) in [6.07, 6.45) is 2.43. The zero-order chi connectivity index (χ0) is 19.0. The average Bonchev–Trinajstić information content (AvgIpc) is 3.27. The first-order valence-corrected chi connectivity index (χ1v) is 11.8. The first-order chi connectivity index (χ1) is 12.9. The third-order valence-electron chi connectivity index (χ3n) is 4.91. The Bertz CT molecular complexity index is 933. The van der Waals surface area contributed by atoms with Gasteiger partial charge in [-0.05, 0) is 50.5 Å². The largest absolute Gasteiger partial charge is 0.484 e. The molecule has 2 aromatic rings. The van der Waals surface area contributed by atoms with Crippen molar-refractivity contribution in [2.24, 2.45) is 0 Å². The maximum atomic E-state index is 12.7. The van der Waals surface area contributed by atoms with Crippen LogP contribution in [-0.4, -0.2) is 54.4 Å². The Morgan fingerprint density at radius 1 is 1.22 bits per heavy atom. The van der Waals surface area contributed by atoms with Gasteiger partial charge >= 0.3 is 0 Å². The van der Waals surface area contributed by atoms with E-state index in [1.165, 1.54) is 0 Å². The van der Waals surface area contributed by atoms with Crippen molar-refractivity contribution >= 4 is 27.1 Å². The molecule has 8 heteroatoms. The maximum absolute atomic E-state index is 12.7. The molecule has 0 spiro atoms. The third-order valence-corrected chi connectivity index (χ3v) is 7.67. The van der Waals surface area contributed by atoms with E-state index in [9.17, 15) is 13.2 Å². The summed E-state index contributed by atoms with van der Waals surface area (Å²) in [4.78, 5) is 18.9. The first-order valence-electron chi connectivity index (χ1n) is 9.08. The van der Waals surface area contributed by atoms with Crippen LogP contribution in [0, 0.1) is 6.92 Å². The van der Waals surface area contributed by atoms with E-state index in [1.54, 1.807) is 16.2 Å². The number of thiazole rings is 1. The van der Waals surface area contributed by atoms with E-state index >= 15 is 0 Å². The van der Waals surface area contributed by atoms with Gasteiger partial charge in [0.15, 0.2) is 16.4 Å². The van der Waals surface area contributed by atoms with Gasteiger partial charge in [0.1, 0.15) is 10.8 Å². The molecular weight excluding hydrogens is 384 g/mol. The second-order valence-electron chi connectivity index (χ2n) is 7.20. The van der Waals surface area contributed by atoms with E-state index in [0.717, 1.165) is 29.1 Å². The normalized spacial score (nSPS) is 21.1. The number of nitrogens with zero attached hydrogens (tertiary/aromatic N) is 2. The third kappa shape index (κ3) is 4.32. The quantitative estimate of drug-likeness (QED) is 0.737. The smallest absolute Gasteiger partial charge is 0.261 e. The molecule has 0 unspecified atom stereocenters. The topological polar surface area (TPSA) is 76.6 Å². The number of hydrogen-bond acceptors (Lipinski definition) is 6. The lowest BCUT2D eigenvalue weighted by Gasteiger charge is -2.28. The van der Waals surface area contributed by atoms with Gasteiger partial charge in [-0.1, -0.05) is 0 Å². The molecule has 2 aliphatic rings. The zero-order valence-electron chi connectivity index (χ0n) is 15.1. The summed E-state index contributed by atoms with van der Waals surface area (Å²) in [5.41, 5.74) is 2.01. The number of carbonyl (C=O) groups excluding carboxylic acids is 1. The Hall–Kier alpha value is -1.93. The second-order valence-corrected chi connectivity index (χ2v) is 10.3. The highest BCUT2D eigenvalue weighted by atomic mass is 32.2. The van der Waals surface area contributed by atoms with Crippen LogP contribution >= 0.6 is 11.3 Å². The van der Waals surface area contributed by atoms with Crippen LogP contribution in [0.15, 0.2) is 29.6 Å². The minimum atomic E-state index is -3.02. The van der Waals surface area contributed by atoms with Gasteiger partial charge in [-0.3, -0.25) is 4.79 Å². The molecule has 0 radical (unpaired) electrons. The summed E-state index contributed by atoms with van der Waals surface area (Å²) in [6.45, 7) is 1.90. The van der Waals surface area contributed by atoms with Crippen molar-refractivity contribution in [3.8, 4) is 16.3 Å². The van der Waals surface area contributed by atoms with Crippen molar-refractivity contribution < 1.29 is 17.9 Å². The number of carbonyl (C=O) groups is 1. The first kappa shape index (κ1) is 18.4. The predicted octanol–water partition coefficient (Wildman–Crippen LogP) is 2.68. The van der Waals surface area contributed by atoms with Crippen molar-refractivity contribution in [3.63, 3.8) is 0 Å². The molecule has 1 saturated carbocycles. The Morgan fingerprint density at radius 3 is 2.52 bits per heavy atom. The number of amides is 1. The molecular formula is C19H22N2O4S2. The van der Waals surface area contributed by atoms with E-state index in [0.29, 0.717) is 12.2 Å². The van der Waals surface area contributed by atoms with Crippen LogP contribution in [0.4, 0.5) is 0 Å². The lowest BCUT2D eigenvalue weighted by Crippen LogP contribution is -2.45. The van der Waals surface area contributed by atoms with Crippen LogP contribution in [0.2, 0.25) is 0 Å². The van der Waals surface area contributed by atoms with Gasteiger partial charge in [0, 0.05) is 28.7 Å². The fraction of sp³-hybridized carbons (Fsp3) is 0.474. The minimum Gasteiger partial charge on any atom is -0.484 e. The standard InChI is InChI=1S/C19H22N2O4S2/c1-13-11-26-19(20-13)14-2-6-17(7-3-14)25-10-18(22)21(15-4-5-15)16-8-9-27(23,24)12-16/h2-3,6-7,11,15-16H,4-5,8-10,12H2,1H3/t16-/m1/s1. The van der Waals surface area contributed by atoms with E-state index < -0.39 is 9.84 Å². The number of sulfone groups is 1. The van der Waals surface area contributed by atoms with Crippen LogP contribution in [0.25, 0.3) is 10.6 Å². The van der Waals surface area contributed by atoms with E-state index in [4.69, 9.17) is 4.74 Å². The van der Waals surface area contributed by atoms with Crippen LogP contribution in [0.1, 0.15) is 25.0 Å². The van der Waals surface area contributed by atoms with Crippen LogP contribution in [0.3, 0.4) is 0 Å². The monoisotopic (exact) mass is 406 g/mol. The molecule has 1 aromatic heterocycles. The van der Waals surface area contributed by atoms with Crippen molar-refractivity contribution in [1.82, 2.24) is 9.88 Å². The maximum Gasteiger partial charge on any atom is 0.261 e. The van der Waals surface area contributed by atoms with Gasteiger partial charge in [-0.2, -0.15) is 0 Å². The van der Waals surface area contributed by atoms with Crippen LogP contribution in [0.5, 0.6) is 5.75 Å². The van der Waals surface area contributed by atoms with Gasteiger partial charge in [0.25, 0.3) is 5.91 Å². The van der Waals surface area contributed by atoms with Gasteiger partial charge in [-0.15, -0.1) is 11.3 Å². The molecule has 2 heterocycles. The Morgan fingerprint density at radius 2 is 1.96 bits per heavy atom. The summed E-state index contributed by atoms with van der Waals surface area (Å²) in [5, 5.41) is 2.96. The van der Waals surface area contributed by atoms with E-state index in [-0.39, 0.29) is 36.1 Å². The Balaban J connectivity index is 1.38. The SMILES string of the molecule is Cc1csc(-c2ccc(OCC(=O)N(C3CC3)[C@@H]3CCS(=O)(=O)C3)cc2)n1. The zero-order valence-corrected chi connectivity index (χ0v) is 16.8. The van der Waals surface area contributed by atoms with E-state index in [2.05, 4.69) is 4.98 Å². The lowest BCUT2D eigenvalue weighted by molar-refractivity contribution is -0.135. The number of aryl methyl sites for hydroxylation is 1. The fourth-order valence-electron chi connectivity index (χ4n) is 3.45. The molecule has 4 rings (SSSR count). The van der Waals surface area contributed by atoms with Gasteiger partial charge in [0.05, 0.1) is 11.5 Å². The highest BCUT2D eigenvalue weighted by Gasteiger charge is 2.42. The Kier molecular flexibility index (Phi) is 4.94. The molecule has 1 aromatic carbocycles. The molecule has 2 fully saturated rings. The summed E-state index contributed by atoms with van der Waals surface area (Å²) < 4.78 is 29.2. The molecule has 1 amide bonds. The summed E-state index contributed by atoms with van der Waals surface area (Å²) in [7, 11) is -3.02. The number of hydrogen-bond donors (Lipinski definition) is 0. The highest BCUT2D eigenvalue weighted by molar-refractivity contribution is 7.91. The molecule has 144 valence electrons. The van der Waals surface area contributed by atoms with Crippen molar-refractivity contribution in [2.45, 2.75) is 38.3 Å². The molecule has 1 atom stereocenters. The molecule has 1 aliphatic carbocycles. The molecule has 1 saturated heterocycles.